The van der Waals surface area contributed by atoms with Crippen LogP contribution >= 0.6 is 0 Å². The topological polar surface area (TPSA) is 70.1 Å². The third-order valence-corrected chi connectivity index (χ3v) is 16.8. The first-order chi connectivity index (χ1) is 40.6. The summed E-state index contributed by atoms with van der Waals surface area (Å²) in [6.07, 6.45) is 0. The van der Waals surface area contributed by atoms with E-state index in [0.717, 1.165) is 155 Å². The average molecular weight is 1050 g/mol. The second-order valence-corrected chi connectivity index (χ2v) is 21.3. The molecule has 0 fully saturated rings. The number of aromatic nitrogens is 5. The van der Waals surface area contributed by atoms with E-state index >= 15 is 0 Å². The summed E-state index contributed by atoms with van der Waals surface area (Å²) in [6.45, 7) is 0. The fourth-order valence-corrected chi connectivity index (χ4v) is 13.2. The standard InChI is InChI=1S/C74H44N6O2/c1-3-17-47(18-4-1)77(48-19-5-2-6-20-48)49-34-37-66-57(41-49)52-22-8-13-27-64(52)79(66)73-61-42-50(78-63-26-12-7-23-53(63)58-43-60-55-25-11-16-30-70(55)82-72(60)44-68(58)78)33-35-62(61)75-74(76-73)80-65-28-14-9-21-51(65)56-39-45(31-36-67(56)80)46-32-38-71-59(40-46)54-24-10-15-29-69(54)81-71/h1-44H. The molecule has 0 amide bonds. The summed E-state index contributed by atoms with van der Waals surface area (Å²) in [6, 6.07) is 95.0. The Hall–Kier alpha value is -11.2. The first-order valence-corrected chi connectivity index (χ1v) is 27.7. The molecule has 0 radical (unpaired) electrons. The van der Waals surface area contributed by atoms with Gasteiger partial charge in [-0.3, -0.25) is 9.13 Å². The van der Waals surface area contributed by atoms with Gasteiger partial charge in [0.2, 0.25) is 5.95 Å². The molecule has 382 valence electrons. The summed E-state index contributed by atoms with van der Waals surface area (Å²) in [4.78, 5) is 13.8. The van der Waals surface area contributed by atoms with E-state index in [0.29, 0.717) is 5.95 Å². The van der Waals surface area contributed by atoms with Gasteiger partial charge in [-0.1, -0.05) is 140 Å². The SMILES string of the molecule is c1ccc(N(c2ccccc2)c2ccc3c(c2)c2ccccc2n3-c2nc(-n3c4ccccc4c4cc(-c5ccc6oc7ccccc7c6c5)ccc43)nc3ccc(-n4c5ccccc5c5cc6c(cc54)oc4ccccc46)cc23)cc1. The average Bonchev–Trinajstić information content (AvgIpc) is 2.86. The van der Waals surface area contributed by atoms with Crippen LogP contribution in [0.3, 0.4) is 0 Å². The lowest BCUT2D eigenvalue weighted by Gasteiger charge is -2.25. The minimum Gasteiger partial charge on any atom is -0.456 e. The maximum absolute atomic E-state index is 6.56. The van der Waals surface area contributed by atoms with Gasteiger partial charge >= 0.3 is 0 Å². The number of rotatable bonds is 7. The summed E-state index contributed by atoms with van der Waals surface area (Å²) < 4.78 is 19.8. The minimum atomic E-state index is 0.575. The molecule has 82 heavy (non-hydrogen) atoms. The maximum Gasteiger partial charge on any atom is 0.237 e. The molecule has 0 saturated heterocycles. The molecular weight excluding hydrogens is 1000 g/mol. The highest BCUT2D eigenvalue weighted by Gasteiger charge is 2.24. The third-order valence-electron chi connectivity index (χ3n) is 16.8. The molecule has 0 spiro atoms. The van der Waals surface area contributed by atoms with Gasteiger partial charge in [0.15, 0.2) is 5.82 Å². The second kappa shape index (κ2) is 17.1. The highest BCUT2D eigenvalue weighted by atomic mass is 16.3. The predicted octanol–water partition coefficient (Wildman–Crippen LogP) is 19.9. The van der Waals surface area contributed by atoms with Gasteiger partial charge in [-0.15, -0.1) is 0 Å². The molecule has 0 saturated carbocycles. The van der Waals surface area contributed by atoms with Crippen LogP contribution in [0.1, 0.15) is 0 Å². The molecule has 18 aromatic rings. The largest absolute Gasteiger partial charge is 0.456 e. The molecule has 0 aliphatic heterocycles. The molecular formula is C74H44N6O2. The van der Waals surface area contributed by atoms with Gasteiger partial charge < -0.3 is 18.3 Å². The Balaban J connectivity index is 0.894. The fraction of sp³-hybridized carbons (Fsp3) is 0. The number of fused-ring (bicyclic) bond motifs is 16. The molecule has 0 atom stereocenters. The van der Waals surface area contributed by atoms with Gasteiger partial charge in [-0.05, 0) is 132 Å². The predicted molar refractivity (Wildman–Crippen MR) is 337 cm³/mol. The van der Waals surface area contributed by atoms with Crippen LogP contribution in [-0.2, 0) is 0 Å². The Labute approximate surface area is 467 Å². The maximum atomic E-state index is 6.56. The van der Waals surface area contributed by atoms with Gasteiger partial charge in [0.1, 0.15) is 22.3 Å². The van der Waals surface area contributed by atoms with Crippen molar-refractivity contribution in [3.63, 3.8) is 0 Å². The van der Waals surface area contributed by atoms with Gasteiger partial charge in [-0.25, -0.2) is 4.98 Å². The van der Waals surface area contributed by atoms with Crippen molar-refractivity contribution in [1.82, 2.24) is 23.7 Å². The second-order valence-electron chi connectivity index (χ2n) is 21.3. The van der Waals surface area contributed by atoms with E-state index in [9.17, 15) is 0 Å². The number of furan rings is 2. The quantitative estimate of drug-likeness (QED) is 0.159. The summed E-state index contributed by atoms with van der Waals surface area (Å²) in [5.41, 5.74) is 17.0. The van der Waals surface area contributed by atoms with Crippen molar-refractivity contribution in [2.75, 3.05) is 4.90 Å². The van der Waals surface area contributed by atoms with Crippen molar-refractivity contribution in [3.05, 3.63) is 267 Å². The molecule has 12 aromatic carbocycles. The van der Waals surface area contributed by atoms with Crippen LogP contribution in [0.25, 0.3) is 149 Å². The highest BCUT2D eigenvalue weighted by Crippen LogP contribution is 2.44. The van der Waals surface area contributed by atoms with Crippen LogP contribution in [0, 0.1) is 0 Å². The normalized spacial score (nSPS) is 12.1. The Morgan fingerprint density at radius 2 is 0.756 bits per heavy atom. The van der Waals surface area contributed by atoms with Gasteiger partial charge in [0.25, 0.3) is 0 Å². The molecule has 0 N–H and O–H groups in total. The lowest BCUT2D eigenvalue weighted by Crippen LogP contribution is -2.10. The van der Waals surface area contributed by atoms with Crippen molar-refractivity contribution in [1.29, 1.82) is 0 Å². The summed E-state index contributed by atoms with van der Waals surface area (Å²) in [5, 5.41) is 12.1. The van der Waals surface area contributed by atoms with Crippen LogP contribution in [0.4, 0.5) is 17.1 Å². The van der Waals surface area contributed by atoms with Crippen molar-refractivity contribution in [2.24, 2.45) is 0 Å². The minimum absolute atomic E-state index is 0.575. The van der Waals surface area contributed by atoms with Crippen molar-refractivity contribution < 1.29 is 8.83 Å². The van der Waals surface area contributed by atoms with Crippen LogP contribution in [0.2, 0.25) is 0 Å². The first kappa shape index (κ1) is 44.7. The van der Waals surface area contributed by atoms with Crippen LogP contribution in [-0.4, -0.2) is 23.7 Å². The molecule has 6 aromatic heterocycles. The van der Waals surface area contributed by atoms with E-state index in [2.05, 4.69) is 261 Å². The summed E-state index contributed by atoms with van der Waals surface area (Å²) in [7, 11) is 0. The fourth-order valence-electron chi connectivity index (χ4n) is 13.2. The van der Waals surface area contributed by atoms with E-state index < -0.39 is 0 Å². The summed E-state index contributed by atoms with van der Waals surface area (Å²) in [5.74, 6) is 1.35. The van der Waals surface area contributed by atoms with Crippen LogP contribution in [0.5, 0.6) is 0 Å². The van der Waals surface area contributed by atoms with E-state index in [1.54, 1.807) is 0 Å². The lowest BCUT2D eigenvalue weighted by molar-refractivity contribution is 0.668. The molecule has 0 aliphatic rings. The van der Waals surface area contributed by atoms with E-state index in [1.807, 2.05) is 24.3 Å². The number of hydrogen-bond donors (Lipinski definition) is 0. The number of benzene rings is 12. The van der Waals surface area contributed by atoms with Gasteiger partial charge in [-0.2, -0.15) is 4.98 Å². The number of para-hydroxylation sites is 7. The highest BCUT2D eigenvalue weighted by molar-refractivity contribution is 6.18. The zero-order chi connectivity index (χ0) is 53.6. The monoisotopic (exact) mass is 1050 g/mol. The van der Waals surface area contributed by atoms with Crippen molar-refractivity contribution >= 4 is 137 Å². The van der Waals surface area contributed by atoms with E-state index in [1.165, 1.54) is 5.39 Å². The van der Waals surface area contributed by atoms with E-state index in [4.69, 9.17) is 18.8 Å². The smallest absolute Gasteiger partial charge is 0.237 e. The molecule has 8 heteroatoms. The molecule has 6 heterocycles. The molecule has 18 rings (SSSR count). The Kier molecular flexibility index (Phi) is 9.35. The Morgan fingerprint density at radius 3 is 1.44 bits per heavy atom. The molecule has 0 unspecified atom stereocenters. The summed E-state index contributed by atoms with van der Waals surface area (Å²) >= 11 is 0. The van der Waals surface area contributed by atoms with Crippen molar-refractivity contribution in [3.8, 4) is 28.6 Å². The van der Waals surface area contributed by atoms with Crippen LogP contribution in [0.15, 0.2) is 276 Å². The first-order valence-electron chi connectivity index (χ1n) is 27.7. The lowest BCUT2D eigenvalue weighted by atomic mass is 10.0. The zero-order valence-corrected chi connectivity index (χ0v) is 43.9. The molecule has 0 aliphatic carbocycles. The molecule has 8 nitrogen and oxygen atoms in total. The van der Waals surface area contributed by atoms with E-state index in [-0.39, 0.29) is 0 Å². The number of hydrogen-bond acceptors (Lipinski definition) is 5. The Bertz CT molecular complexity index is 5630. The number of nitrogens with zero attached hydrogens (tertiary/aromatic N) is 6. The van der Waals surface area contributed by atoms with Crippen molar-refractivity contribution in [2.45, 2.75) is 0 Å². The zero-order valence-electron chi connectivity index (χ0n) is 43.9. The van der Waals surface area contributed by atoms with Gasteiger partial charge in [0.05, 0.1) is 38.6 Å². The number of anilines is 3. The van der Waals surface area contributed by atoms with Crippen LogP contribution < -0.4 is 4.90 Å². The Morgan fingerprint density at radius 1 is 0.268 bits per heavy atom. The third kappa shape index (κ3) is 6.54. The van der Waals surface area contributed by atoms with Gasteiger partial charge in [0, 0.05) is 88.1 Å². The molecule has 0 bridgehead atoms.